The maximum Gasteiger partial charge on any atom is 0.257 e. The Morgan fingerprint density at radius 3 is 2.57 bits per heavy atom. The summed E-state index contributed by atoms with van der Waals surface area (Å²) in [5.74, 6) is 0.507. The molecule has 0 aliphatic carbocycles. The third kappa shape index (κ3) is 4.82. The van der Waals surface area contributed by atoms with Gasteiger partial charge in [0.05, 0.1) is 5.75 Å². The average Bonchev–Trinajstić information content (AvgIpc) is 3.16. The first kappa shape index (κ1) is 18.8. The van der Waals surface area contributed by atoms with E-state index < -0.39 is 0 Å². The summed E-state index contributed by atoms with van der Waals surface area (Å²) in [6.45, 7) is 4.25. The van der Waals surface area contributed by atoms with Gasteiger partial charge in [-0.2, -0.15) is 0 Å². The molecule has 1 amide bonds. The molecule has 0 bridgehead atoms. The first-order chi connectivity index (χ1) is 13.8. The van der Waals surface area contributed by atoms with Crippen molar-refractivity contribution in [3.8, 4) is 0 Å². The van der Waals surface area contributed by atoms with Gasteiger partial charge >= 0.3 is 0 Å². The maximum absolute atomic E-state index is 12.5. The van der Waals surface area contributed by atoms with Crippen molar-refractivity contribution in [3.05, 3.63) is 66.2 Å². The van der Waals surface area contributed by atoms with Gasteiger partial charge < -0.3 is 9.32 Å². The van der Waals surface area contributed by atoms with E-state index in [9.17, 15) is 4.79 Å². The third-order valence-electron chi connectivity index (χ3n) is 4.79. The van der Waals surface area contributed by atoms with Gasteiger partial charge in [0.15, 0.2) is 5.58 Å². The molecule has 5 nitrogen and oxygen atoms in total. The highest BCUT2D eigenvalue weighted by atomic mass is 32.2. The third-order valence-corrected chi connectivity index (χ3v) is 5.60. The first-order valence-electron chi connectivity index (χ1n) is 9.48. The molecule has 0 unspecified atom stereocenters. The molecule has 28 heavy (non-hydrogen) atoms. The number of thioether (sulfide) groups is 1. The van der Waals surface area contributed by atoms with Crippen molar-refractivity contribution in [2.75, 3.05) is 38.5 Å². The van der Waals surface area contributed by atoms with Crippen LogP contribution in [0.3, 0.4) is 0 Å². The minimum atomic E-state index is 0.145. The molecule has 0 spiro atoms. The lowest BCUT2D eigenvalue weighted by molar-refractivity contribution is -0.130. The van der Waals surface area contributed by atoms with Crippen LogP contribution in [0.5, 0.6) is 0 Å². The zero-order valence-electron chi connectivity index (χ0n) is 15.7. The molecule has 2 heterocycles. The molecule has 1 saturated heterocycles. The molecule has 1 fully saturated rings. The Morgan fingerprint density at radius 1 is 1.04 bits per heavy atom. The Hall–Kier alpha value is -2.57. The first-order valence-corrected chi connectivity index (χ1v) is 10.5. The molecule has 4 rings (SSSR count). The summed E-state index contributed by atoms with van der Waals surface area (Å²) in [7, 11) is 0. The number of fused-ring (bicyclic) bond motifs is 1. The number of rotatable bonds is 6. The summed E-state index contributed by atoms with van der Waals surface area (Å²) >= 11 is 1.37. The van der Waals surface area contributed by atoms with Crippen LogP contribution >= 0.6 is 11.8 Å². The van der Waals surface area contributed by atoms with Crippen molar-refractivity contribution in [3.63, 3.8) is 0 Å². The van der Waals surface area contributed by atoms with Crippen molar-refractivity contribution in [1.82, 2.24) is 14.8 Å². The fourth-order valence-electron chi connectivity index (χ4n) is 3.21. The fourth-order valence-corrected chi connectivity index (χ4v) is 3.95. The molecule has 3 aromatic rings. The lowest BCUT2D eigenvalue weighted by Crippen LogP contribution is -2.49. The number of carbonyl (C=O) groups excluding carboxylic acids is 1. The number of aromatic nitrogens is 1. The second-order valence-electron chi connectivity index (χ2n) is 6.73. The maximum atomic E-state index is 12.5. The number of piperazine rings is 1. The van der Waals surface area contributed by atoms with Crippen molar-refractivity contribution < 1.29 is 9.21 Å². The van der Waals surface area contributed by atoms with Gasteiger partial charge in [-0.3, -0.25) is 9.69 Å². The number of hydrogen-bond acceptors (Lipinski definition) is 5. The summed E-state index contributed by atoms with van der Waals surface area (Å²) in [5, 5.41) is 0.555. The van der Waals surface area contributed by atoms with Crippen LogP contribution < -0.4 is 0 Å². The van der Waals surface area contributed by atoms with Gasteiger partial charge in [0.25, 0.3) is 5.22 Å². The topological polar surface area (TPSA) is 49.6 Å². The van der Waals surface area contributed by atoms with E-state index in [1.807, 2.05) is 47.4 Å². The summed E-state index contributed by atoms with van der Waals surface area (Å²) in [6, 6.07) is 18.0. The van der Waals surface area contributed by atoms with Crippen LogP contribution in [0.2, 0.25) is 0 Å². The highest BCUT2D eigenvalue weighted by Crippen LogP contribution is 2.23. The second-order valence-corrected chi connectivity index (χ2v) is 7.66. The minimum absolute atomic E-state index is 0.145. The molecule has 1 aromatic heterocycles. The van der Waals surface area contributed by atoms with Crippen molar-refractivity contribution >= 4 is 34.8 Å². The number of hydrogen-bond donors (Lipinski definition) is 0. The molecule has 0 radical (unpaired) electrons. The summed E-state index contributed by atoms with van der Waals surface area (Å²) < 4.78 is 5.67. The van der Waals surface area contributed by atoms with Crippen LogP contribution in [0.1, 0.15) is 5.56 Å². The van der Waals surface area contributed by atoms with Crippen molar-refractivity contribution in [1.29, 1.82) is 0 Å². The van der Waals surface area contributed by atoms with Crippen molar-refractivity contribution in [2.24, 2.45) is 0 Å². The number of para-hydroxylation sites is 2. The Labute approximate surface area is 169 Å². The highest BCUT2D eigenvalue weighted by Gasteiger charge is 2.21. The fraction of sp³-hybridized carbons (Fsp3) is 0.273. The SMILES string of the molecule is O=C(CSc1nc2ccccc2o1)N1CCN(C/C=C/c2ccccc2)CC1. The molecule has 2 aromatic carbocycles. The van der Waals surface area contributed by atoms with E-state index in [0.29, 0.717) is 11.0 Å². The van der Waals surface area contributed by atoms with Gasteiger partial charge in [-0.15, -0.1) is 0 Å². The molecular formula is C22H23N3O2S. The van der Waals surface area contributed by atoms with Crippen LogP contribution in [-0.2, 0) is 4.79 Å². The Bertz CT molecular complexity index is 914. The van der Waals surface area contributed by atoms with E-state index in [4.69, 9.17) is 4.42 Å². The lowest BCUT2D eigenvalue weighted by Gasteiger charge is -2.34. The number of nitrogens with zero attached hydrogens (tertiary/aromatic N) is 3. The van der Waals surface area contributed by atoms with Crippen LogP contribution in [0.4, 0.5) is 0 Å². The van der Waals surface area contributed by atoms with E-state index in [1.165, 1.54) is 17.3 Å². The normalized spacial score (nSPS) is 15.5. The van der Waals surface area contributed by atoms with Gasteiger partial charge in [0.2, 0.25) is 5.91 Å². The zero-order chi connectivity index (χ0) is 19.2. The highest BCUT2D eigenvalue weighted by molar-refractivity contribution is 7.99. The molecule has 0 N–H and O–H groups in total. The molecule has 0 saturated carbocycles. The average molecular weight is 394 g/mol. The number of oxazole rings is 1. The van der Waals surface area contributed by atoms with Gasteiger partial charge in [-0.1, -0.05) is 66.4 Å². The smallest absolute Gasteiger partial charge is 0.257 e. The van der Waals surface area contributed by atoms with E-state index >= 15 is 0 Å². The number of carbonyl (C=O) groups is 1. The molecule has 1 aliphatic rings. The quantitative estimate of drug-likeness (QED) is 0.597. The van der Waals surface area contributed by atoms with Gasteiger partial charge in [0.1, 0.15) is 5.52 Å². The molecule has 144 valence electrons. The Kier molecular flexibility index (Phi) is 6.09. The van der Waals surface area contributed by atoms with Crippen molar-refractivity contribution in [2.45, 2.75) is 5.22 Å². The largest absolute Gasteiger partial charge is 0.431 e. The standard InChI is InChI=1S/C22H23N3O2S/c26-21(17-28-22-23-19-10-4-5-11-20(19)27-22)25-15-13-24(14-16-25)12-6-9-18-7-2-1-3-8-18/h1-11H,12-17H2/b9-6+. The monoisotopic (exact) mass is 393 g/mol. The molecule has 6 heteroatoms. The predicted octanol–water partition coefficient (Wildman–Crippen LogP) is 3.78. The van der Waals surface area contributed by atoms with Gasteiger partial charge in [0, 0.05) is 32.7 Å². The predicted molar refractivity (Wildman–Crippen MR) is 113 cm³/mol. The zero-order valence-corrected chi connectivity index (χ0v) is 16.5. The second kappa shape index (κ2) is 9.08. The lowest BCUT2D eigenvalue weighted by atomic mass is 10.2. The van der Waals surface area contributed by atoms with Crippen LogP contribution in [0.25, 0.3) is 17.2 Å². The summed E-state index contributed by atoms with van der Waals surface area (Å²) in [6.07, 6.45) is 4.34. The molecule has 1 aliphatic heterocycles. The van der Waals surface area contributed by atoms with E-state index in [-0.39, 0.29) is 5.91 Å². The molecular weight excluding hydrogens is 370 g/mol. The number of amides is 1. The van der Waals surface area contributed by atoms with Crippen LogP contribution in [-0.4, -0.2) is 59.2 Å². The van der Waals surface area contributed by atoms with Gasteiger partial charge in [-0.25, -0.2) is 4.98 Å². The Morgan fingerprint density at radius 2 is 1.79 bits per heavy atom. The Balaban J connectivity index is 1.21. The minimum Gasteiger partial charge on any atom is -0.431 e. The van der Waals surface area contributed by atoms with Crippen LogP contribution in [0.15, 0.2) is 70.3 Å². The molecule has 0 atom stereocenters. The van der Waals surface area contributed by atoms with E-state index in [0.717, 1.165) is 43.8 Å². The number of benzene rings is 2. The summed E-state index contributed by atoms with van der Waals surface area (Å²) in [4.78, 5) is 21.2. The van der Waals surface area contributed by atoms with E-state index in [1.54, 1.807) is 0 Å². The van der Waals surface area contributed by atoms with E-state index in [2.05, 4.69) is 34.2 Å². The van der Waals surface area contributed by atoms with Crippen LogP contribution in [0, 0.1) is 0 Å². The summed E-state index contributed by atoms with van der Waals surface area (Å²) in [5.41, 5.74) is 2.80. The van der Waals surface area contributed by atoms with Gasteiger partial charge in [-0.05, 0) is 17.7 Å².